The van der Waals surface area contributed by atoms with Crippen molar-refractivity contribution in [2.45, 2.75) is 13.0 Å². The predicted molar refractivity (Wildman–Crippen MR) is 116 cm³/mol. The molecule has 0 saturated carbocycles. The molecule has 2 aliphatic rings. The first-order valence-electron chi connectivity index (χ1n) is 10.3. The molecule has 1 N–H and O–H groups in total. The Balaban J connectivity index is 1.37. The molecule has 0 aliphatic carbocycles. The summed E-state index contributed by atoms with van der Waals surface area (Å²) in [6.45, 7) is 2.73. The minimum absolute atomic E-state index is 0.164. The number of carbonyl (C=O) groups excluding carboxylic acids is 2. The van der Waals surface area contributed by atoms with E-state index in [9.17, 15) is 9.59 Å². The van der Waals surface area contributed by atoms with E-state index in [1.807, 2.05) is 25.1 Å². The summed E-state index contributed by atoms with van der Waals surface area (Å²) in [5.41, 5.74) is 1.69. The van der Waals surface area contributed by atoms with E-state index in [1.165, 1.54) is 4.90 Å². The van der Waals surface area contributed by atoms with Crippen LogP contribution in [-0.4, -0.2) is 36.6 Å². The van der Waals surface area contributed by atoms with Gasteiger partial charge in [0.25, 0.3) is 5.91 Å². The SMILES string of the molecule is CC(NC(=O)CN1C(=O)c2cccnc2Oc2ccccc21)c1ccc2c(c1)OCCO2. The highest BCUT2D eigenvalue weighted by molar-refractivity contribution is 6.11. The van der Waals surface area contributed by atoms with E-state index < -0.39 is 0 Å². The Morgan fingerprint density at radius 2 is 1.88 bits per heavy atom. The van der Waals surface area contributed by atoms with E-state index in [4.69, 9.17) is 14.2 Å². The molecule has 1 atom stereocenters. The average molecular weight is 431 g/mol. The number of amides is 2. The number of fused-ring (bicyclic) bond motifs is 3. The van der Waals surface area contributed by atoms with Crippen molar-refractivity contribution < 1.29 is 23.8 Å². The van der Waals surface area contributed by atoms with Crippen LogP contribution >= 0.6 is 0 Å². The molecule has 32 heavy (non-hydrogen) atoms. The minimum Gasteiger partial charge on any atom is -0.486 e. The van der Waals surface area contributed by atoms with Crippen molar-refractivity contribution in [3.05, 3.63) is 71.9 Å². The highest BCUT2D eigenvalue weighted by atomic mass is 16.6. The number of hydrogen-bond acceptors (Lipinski definition) is 6. The van der Waals surface area contributed by atoms with E-state index in [1.54, 1.807) is 42.6 Å². The highest BCUT2D eigenvalue weighted by Gasteiger charge is 2.30. The Labute approximate surface area is 184 Å². The van der Waals surface area contributed by atoms with E-state index in [-0.39, 0.29) is 30.3 Å². The highest BCUT2D eigenvalue weighted by Crippen LogP contribution is 2.37. The van der Waals surface area contributed by atoms with Crippen molar-refractivity contribution in [1.82, 2.24) is 10.3 Å². The van der Waals surface area contributed by atoms with Crippen LogP contribution in [0.4, 0.5) is 5.69 Å². The third-order valence-corrected chi connectivity index (χ3v) is 5.35. The lowest BCUT2D eigenvalue weighted by Gasteiger charge is -2.24. The summed E-state index contributed by atoms with van der Waals surface area (Å²) in [7, 11) is 0. The number of benzene rings is 2. The van der Waals surface area contributed by atoms with Gasteiger partial charge in [0.2, 0.25) is 11.8 Å². The molecule has 1 aromatic heterocycles. The molecule has 5 rings (SSSR count). The first-order chi connectivity index (χ1) is 15.6. The van der Waals surface area contributed by atoms with Gasteiger partial charge in [0, 0.05) is 6.20 Å². The zero-order chi connectivity index (χ0) is 22.1. The number of hydrogen-bond donors (Lipinski definition) is 1. The molecule has 0 fully saturated rings. The average Bonchev–Trinajstić information content (AvgIpc) is 2.93. The molecule has 0 saturated heterocycles. The normalized spacial score (nSPS) is 15.0. The molecule has 0 bridgehead atoms. The van der Waals surface area contributed by atoms with Gasteiger partial charge in [-0.15, -0.1) is 0 Å². The van der Waals surface area contributed by atoms with Crippen LogP contribution in [-0.2, 0) is 4.79 Å². The number of nitrogens with one attached hydrogen (secondary N) is 1. The monoisotopic (exact) mass is 431 g/mol. The van der Waals surface area contributed by atoms with Gasteiger partial charge in [-0.05, 0) is 48.9 Å². The van der Waals surface area contributed by atoms with Crippen LogP contribution in [0.3, 0.4) is 0 Å². The first kappa shape index (κ1) is 19.9. The summed E-state index contributed by atoms with van der Waals surface area (Å²) < 4.78 is 17.0. The van der Waals surface area contributed by atoms with Gasteiger partial charge in [-0.2, -0.15) is 0 Å². The largest absolute Gasteiger partial charge is 0.486 e. The molecule has 0 spiro atoms. The number of rotatable bonds is 4. The molecular formula is C24H21N3O5. The second kappa shape index (κ2) is 8.22. The molecule has 1 unspecified atom stereocenters. The van der Waals surface area contributed by atoms with E-state index in [0.717, 1.165) is 5.56 Å². The molecule has 8 heteroatoms. The first-order valence-corrected chi connectivity index (χ1v) is 10.3. The van der Waals surface area contributed by atoms with E-state index >= 15 is 0 Å². The lowest BCUT2D eigenvalue weighted by atomic mass is 10.1. The molecule has 0 radical (unpaired) electrons. The Morgan fingerprint density at radius 3 is 2.75 bits per heavy atom. The summed E-state index contributed by atoms with van der Waals surface area (Å²) >= 11 is 0. The Hall–Kier alpha value is -4.07. The molecule has 3 aromatic rings. The third-order valence-electron chi connectivity index (χ3n) is 5.35. The Bertz CT molecular complexity index is 1200. The zero-order valence-corrected chi connectivity index (χ0v) is 17.4. The smallest absolute Gasteiger partial charge is 0.264 e. The molecule has 2 aliphatic heterocycles. The fraction of sp³-hybridized carbons (Fsp3) is 0.208. The van der Waals surface area contributed by atoms with Gasteiger partial charge >= 0.3 is 0 Å². The maximum Gasteiger partial charge on any atom is 0.264 e. The number of aromatic nitrogens is 1. The molecule has 2 aromatic carbocycles. The lowest BCUT2D eigenvalue weighted by Crippen LogP contribution is -2.41. The minimum atomic E-state index is -0.347. The van der Waals surface area contributed by atoms with Crippen molar-refractivity contribution in [3.8, 4) is 23.1 Å². The van der Waals surface area contributed by atoms with Crippen LogP contribution in [0.1, 0.15) is 28.9 Å². The summed E-state index contributed by atoms with van der Waals surface area (Å²) in [5, 5.41) is 2.96. The van der Waals surface area contributed by atoms with Crippen LogP contribution in [0.15, 0.2) is 60.8 Å². The lowest BCUT2D eigenvalue weighted by molar-refractivity contribution is -0.120. The predicted octanol–water partition coefficient (Wildman–Crippen LogP) is 3.48. The Morgan fingerprint density at radius 1 is 1.06 bits per heavy atom. The van der Waals surface area contributed by atoms with Gasteiger partial charge in [0.05, 0.1) is 11.7 Å². The Kier molecular flexibility index (Phi) is 5.10. The quantitative estimate of drug-likeness (QED) is 0.680. The summed E-state index contributed by atoms with van der Waals surface area (Å²) in [6.07, 6.45) is 1.56. The van der Waals surface area contributed by atoms with Gasteiger partial charge in [-0.3, -0.25) is 14.5 Å². The molecule has 2 amide bonds. The van der Waals surface area contributed by atoms with Crippen LogP contribution in [0.5, 0.6) is 23.1 Å². The summed E-state index contributed by atoms with van der Waals surface area (Å²) in [6, 6.07) is 15.7. The maximum atomic E-state index is 13.2. The summed E-state index contributed by atoms with van der Waals surface area (Å²) in [4.78, 5) is 31.8. The molecule has 3 heterocycles. The topological polar surface area (TPSA) is 90.0 Å². The van der Waals surface area contributed by atoms with E-state index in [2.05, 4.69) is 10.3 Å². The molecule has 8 nitrogen and oxygen atoms in total. The number of ether oxygens (including phenoxy) is 3. The van der Waals surface area contributed by atoms with Crippen LogP contribution in [0.25, 0.3) is 0 Å². The van der Waals surface area contributed by atoms with Crippen molar-refractivity contribution in [1.29, 1.82) is 0 Å². The fourth-order valence-corrected chi connectivity index (χ4v) is 3.76. The number of nitrogens with zero attached hydrogens (tertiary/aromatic N) is 2. The van der Waals surface area contributed by atoms with Crippen molar-refractivity contribution in [2.24, 2.45) is 0 Å². The number of carbonyl (C=O) groups is 2. The molecular weight excluding hydrogens is 410 g/mol. The van der Waals surface area contributed by atoms with Crippen molar-refractivity contribution in [3.63, 3.8) is 0 Å². The number of para-hydroxylation sites is 2. The maximum absolute atomic E-state index is 13.2. The fourth-order valence-electron chi connectivity index (χ4n) is 3.76. The van der Waals surface area contributed by atoms with Gasteiger partial charge in [0.15, 0.2) is 17.2 Å². The van der Waals surface area contributed by atoms with Gasteiger partial charge < -0.3 is 19.5 Å². The van der Waals surface area contributed by atoms with Crippen LogP contribution in [0, 0.1) is 0 Å². The molecule has 162 valence electrons. The zero-order valence-electron chi connectivity index (χ0n) is 17.4. The third kappa shape index (κ3) is 3.71. The van der Waals surface area contributed by atoms with Crippen molar-refractivity contribution >= 4 is 17.5 Å². The van der Waals surface area contributed by atoms with E-state index in [0.29, 0.717) is 41.7 Å². The van der Waals surface area contributed by atoms with Gasteiger partial charge in [-0.1, -0.05) is 18.2 Å². The number of anilines is 1. The second-order valence-corrected chi connectivity index (χ2v) is 7.51. The summed E-state index contributed by atoms with van der Waals surface area (Å²) in [5.74, 6) is 1.39. The van der Waals surface area contributed by atoms with Crippen molar-refractivity contribution in [2.75, 3.05) is 24.7 Å². The van der Waals surface area contributed by atoms with Gasteiger partial charge in [0.1, 0.15) is 25.3 Å². The number of pyridine rings is 1. The second-order valence-electron chi connectivity index (χ2n) is 7.51. The van der Waals surface area contributed by atoms with Crippen LogP contribution in [0.2, 0.25) is 0 Å². The van der Waals surface area contributed by atoms with Crippen LogP contribution < -0.4 is 24.4 Å². The standard InChI is InChI=1S/C24H21N3O5/c1-15(16-8-9-20-21(13-16)31-12-11-30-20)26-22(28)14-27-18-6-2-3-7-19(18)32-23-17(24(27)29)5-4-10-25-23/h2-10,13,15H,11-12,14H2,1H3,(H,26,28). The van der Waals surface area contributed by atoms with Gasteiger partial charge in [-0.25, -0.2) is 4.98 Å².